The van der Waals surface area contributed by atoms with Gasteiger partial charge < -0.3 is 0 Å². The predicted molar refractivity (Wildman–Crippen MR) is 58.1 cm³/mol. The van der Waals surface area contributed by atoms with E-state index in [0.29, 0.717) is 11.7 Å². The minimum Gasteiger partial charge on any atom is -0.294 e. The fourth-order valence-electron chi connectivity index (χ4n) is 2.79. The van der Waals surface area contributed by atoms with Crippen molar-refractivity contribution < 1.29 is 4.79 Å². The summed E-state index contributed by atoms with van der Waals surface area (Å²) in [7, 11) is 0. The van der Waals surface area contributed by atoms with E-state index in [9.17, 15) is 4.79 Å². The van der Waals surface area contributed by atoms with Gasteiger partial charge in [-0.25, -0.2) is 0 Å². The lowest BCUT2D eigenvalue weighted by Crippen LogP contribution is -2.24. The minimum absolute atomic E-state index is 0.289. The molecule has 0 aromatic carbocycles. The average molecular weight is 192 g/mol. The van der Waals surface area contributed by atoms with Crippen LogP contribution in [-0.4, -0.2) is 5.78 Å². The van der Waals surface area contributed by atoms with Crippen LogP contribution in [0, 0.1) is 11.8 Å². The van der Waals surface area contributed by atoms with Gasteiger partial charge in [0.05, 0.1) is 0 Å². The highest BCUT2D eigenvalue weighted by Gasteiger charge is 2.27. The highest BCUT2D eigenvalue weighted by atomic mass is 16.1. The molecule has 0 heterocycles. The van der Waals surface area contributed by atoms with Crippen LogP contribution in [0.4, 0.5) is 0 Å². The summed E-state index contributed by atoms with van der Waals surface area (Å²) in [6.07, 6.45) is 10.9. The Bertz CT molecular complexity index is 246. The predicted octanol–water partition coefficient (Wildman–Crippen LogP) is 3.49. The Morgan fingerprint density at radius 1 is 1.14 bits per heavy atom. The summed E-state index contributed by atoms with van der Waals surface area (Å²) in [4.78, 5) is 12.0. The van der Waals surface area contributed by atoms with E-state index < -0.39 is 0 Å². The van der Waals surface area contributed by atoms with Gasteiger partial charge in [-0.2, -0.15) is 0 Å². The molecule has 0 amide bonds. The van der Waals surface area contributed by atoms with Gasteiger partial charge in [-0.15, -0.1) is 0 Å². The molecule has 2 rings (SSSR count). The molecule has 1 nitrogen and oxygen atoms in total. The molecule has 0 N–H and O–H groups in total. The van der Waals surface area contributed by atoms with Gasteiger partial charge in [-0.05, 0) is 37.2 Å². The van der Waals surface area contributed by atoms with Crippen molar-refractivity contribution in [2.24, 2.45) is 11.8 Å². The summed E-state index contributed by atoms with van der Waals surface area (Å²) in [6, 6.07) is 0. The molecule has 0 bridgehead atoms. The van der Waals surface area contributed by atoms with Crippen molar-refractivity contribution in [3.63, 3.8) is 0 Å². The van der Waals surface area contributed by atoms with E-state index in [1.165, 1.54) is 37.7 Å². The zero-order valence-electron chi connectivity index (χ0n) is 9.09. The van der Waals surface area contributed by atoms with E-state index in [1.807, 2.05) is 0 Å². The van der Waals surface area contributed by atoms with Gasteiger partial charge in [-0.3, -0.25) is 4.79 Å². The molecule has 0 saturated heterocycles. The van der Waals surface area contributed by atoms with E-state index in [0.717, 1.165) is 12.8 Å². The lowest BCUT2D eigenvalue weighted by atomic mass is 9.76. The van der Waals surface area contributed by atoms with Crippen molar-refractivity contribution in [3.8, 4) is 0 Å². The van der Waals surface area contributed by atoms with Crippen LogP contribution in [0.2, 0.25) is 0 Å². The van der Waals surface area contributed by atoms with Crippen LogP contribution in [0.5, 0.6) is 0 Å². The molecule has 1 saturated carbocycles. The van der Waals surface area contributed by atoms with Crippen molar-refractivity contribution in [3.05, 3.63) is 11.6 Å². The third-order valence-corrected chi connectivity index (χ3v) is 3.74. The van der Waals surface area contributed by atoms with Crippen molar-refractivity contribution in [2.75, 3.05) is 0 Å². The van der Waals surface area contributed by atoms with Gasteiger partial charge in [0.1, 0.15) is 0 Å². The van der Waals surface area contributed by atoms with Crippen LogP contribution < -0.4 is 0 Å². The van der Waals surface area contributed by atoms with Crippen LogP contribution in [0.15, 0.2) is 11.6 Å². The molecule has 0 aromatic rings. The third kappa shape index (κ3) is 1.92. The van der Waals surface area contributed by atoms with Crippen LogP contribution in [0.1, 0.15) is 51.9 Å². The summed E-state index contributed by atoms with van der Waals surface area (Å²) in [5.41, 5.74) is 1.18. The maximum atomic E-state index is 12.0. The lowest BCUT2D eigenvalue weighted by molar-refractivity contribution is -0.120. The summed E-state index contributed by atoms with van der Waals surface area (Å²) in [6.45, 7) is 2.08. The first kappa shape index (κ1) is 9.95. The lowest BCUT2D eigenvalue weighted by Gasteiger charge is -2.27. The molecule has 14 heavy (non-hydrogen) atoms. The Morgan fingerprint density at radius 2 is 1.86 bits per heavy atom. The van der Waals surface area contributed by atoms with Crippen molar-refractivity contribution in [1.29, 1.82) is 0 Å². The van der Waals surface area contributed by atoms with E-state index in [2.05, 4.69) is 13.0 Å². The number of allylic oxidation sites excluding steroid dienone is 2. The number of carbonyl (C=O) groups is 1. The van der Waals surface area contributed by atoms with Crippen molar-refractivity contribution in [2.45, 2.75) is 51.9 Å². The van der Waals surface area contributed by atoms with E-state index in [4.69, 9.17) is 0 Å². The Kier molecular flexibility index (Phi) is 3.05. The molecule has 0 spiro atoms. The molecule has 1 unspecified atom stereocenters. The minimum atomic E-state index is 0.289. The Balaban J connectivity index is 2.08. The largest absolute Gasteiger partial charge is 0.294 e. The SMILES string of the molecule is CC1CCC=C(C2CCCCC2)C1=O. The van der Waals surface area contributed by atoms with Gasteiger partial charge in [0, 0.05) is 5.92 Å². The Morgan fingerprint density at radius 3 is 2.57 bits per heavy atom. The molecule has 0 aliphatic heterocycles. The smallest absolute Gasteiger partial charge is 0.161 e. The third-order valence-electron chi connectivity index (χ3n) is 3.74. The van der Waals surface area contributed by atoms with Gasteiger partial charge >= 0.3 is 0 Å². The van der Waals surface area contributed by atoms with Gasteiger partial charge in [-0.1, -0.05) is 32.3 Å². The molecule has 2 aliphatic carbocycles. The molecular weight excluding hydrogens is 172 g/mol. The first-order valence-electron chi connectivity index (χ1n) is 6.03. The fourth-order valence-corrected chi connectivity index (χ4v) is 2.79. The molecule has 78 valence electrons. The second-order valence-corrected chi connectivity index (χ2v) is 4.84. The number of hydrogen-bond acceptors (Lipinski definition) is 1. The topological polar surface area (TPSA) is 17.1 Å². The summed E-state index contributed by atoms with van der Waals surface area (Å²) in [5, 5.41) is 0. The molecule has 2 aliphatic rings. The zero-order valence-corrected chi connectivity index (χ0v) is 9.09. The average Bonchev–Trinajstić information content (AvgIpc) is 2.23. The van der Waals surface area contributed by atoms with Crippen LogP contribution >= 0.6 is 0 Å². The number of ketones is 1. The molecule has 0 aromatic heterocycles. The molecule has 1 fully saturated rings. The fraction of sp³-hybridized carbons (Fsp3) is 0.769. The summed E-state index contributed by atoms with van der Waals surface area (Å²) < 4.78 is 0. The molecular formula is C13H20O. The van der Waals surface area contributed by atoms with Gasteiger partial charge in [0.25, 0.3) is 0 Å². The van der Waals surface area contributed by atoms with Crippen LogP contribution in [0.25, 0.3) is 0 Å². The standard InChI is InChI=1S/C13H20O/c1-10-6-5-9-12(13(10)14)11-7-3-2-4-8-11/h9-11H,2-8H2,1H3. The first-order valence-corrected chi connectivity index (χ1v) is 6.03. The van der Waals surface area contributed by atoms with E-state index >= 15 is 0 Å². The van der Waals surface area contributed by atoms with Gasteiger partial charge in [0.15, 0.2) is 5.78 Å². The highest BCUT2D eigenvalue weighted by molar-refractivity contribution is 5.98. The highest BCUT2D eigenvalue weighted by Crippen LogP contribution is 2.34. The maximum absolute atomic E-state index is 12.0. The Labute approximate surface area is 86.6 Å². The first-order chi connectivity index (χ1) is 6.79. The van der Waals surface area contributed by atoms with E-state index in [1.54, 1.807) is 0 Å². The number of rotatable bonds is 1. The number of hydrogen-bond donors (Lipinski definition) is 0. The monoisotopic (exact) mass is 192 g/mol. The van der Waals surface area contributed by atoms with E-state index in [-0.39, 0.29) is 5.92 Å². The summed E-state index contributed by atoms with van der Waals surface area (Å²) >= 11 is 0. The zero-order chi connectivity index (χ0) is 9.97. The maximum Gasteiger partial charge on any atom is 0.161 e. The van der Waals surface area contributed by atoms with Crippen LogP contribution in [-0.2, 0) is 4.79 Å². The second kappa shape index (κ2) is 4.29. The quantitative estimate of drug-likeness (QED) is 0.621. The Hall–Kier alpha value is -0.590. The van der Waals surface area contributed by atoms with Gasteiger partial charge in [0.2, 0.25) is 0 Å². The van der Waals surface area contributed by atoms with Crippen LogP contribution in [0.3, 0.4) is 0 Å². The molecule has 1 atom stereocenters. The summed E-state index contributed by atoms with van der Waals surface area (Å²) in [5.74, 6) is 1.35. The number of carbonyl (C=O) groups excluding carboxylic acids is 1. The molecule has 0 radical (unpaired) electrons. The normalized spacial score (nSPS) is 30.2. The molecule has 1 heteroatoms. The van der Waals surface area contributed by atoms with Crippen molar-refractivity contribution >= 4 is 5.78 Å². The number of Topliss-reactive ketones (excluding diaryl/α,β-unsaturated/α-hetero) is 1. The second-order valence-electron chi connectivity index (χ2n) is 4.84. The van der Waals surface area contributed by atoms with Crippen molar-refractivity contribution in [1.82, 2.24) is 0 Å².